The number of benzene rings is 1. The van der Waals surface area contributed by atoms with Crippen molar-refractivity contribution in [3.8, 4) is 5.75 Å². The third kappa shape index (κ3) is 10.2. The summed E-state index contributed by atoms with van der Waals surface area (Å²) in [5, 5.41) is 26.2. The molecule has 0 bridgehead atoms. The first kappa shape index (κ1) is 28.9. The van der Waals surface area contributed by atoms with Gasteiger partial charge in [-0.15, -0.1) is 0 Å². The van der Waals surface area contributed by atoms with Crippen LogP contribution in [-0.4, -0.2) is 65.1 Å². The molecular formula is C23H37N5O6. The van der Waals surface area contributed by atoms with Crippen molar-refractivity contribution >= 4 is 23.7 Å². The fraction of sp³-hybridized carbons (Fsp3) is 0.565. The van der Waals surface area contributed by atoms with Crippen molar-refractivity contribution in [3.05, 3.63) is 29.8 Å². The number of amides is 3. The Bertz CT molecular complexity index is 817. The molecule has 1 rings (SSSR count). The van der Waals surface area contributed by atoms with Gasteiger partial charge in [-0.2, -0.15) is 0 Å². The number of aliphatic carboxylic acids is 1. The minimum absolute atomic E-state index is 0.000568. The van der Waals surface area contributed by atoms with E-state index in [0.29, 0.717) is 37.8 Å². The van der Waals surface area contributed by atoms with Gasteiger partial charge in [0.1, 0.15) is 17.8 Å². The highest BCUT2D eigenvalue weighted by Crippen LogP contribution is 2.11. The SMILES string of the molecule is CCC(C)C(N)C(=O)NC(CCCCN)C(=O)NCC(=O)NC(Cc1ccc(O)cc1)C(=O)O. The van der Waals surface area contributed by atoms with Crippen molar-refractivity contribution in [2.24, 2.45) is 17.4 Å². The number of carbonyl (C=O) groups excluding carboxylic acids is 3. The summed E-state index contributed by atoms with van der Waals surface area (Å²) >= 11 is 0. The van der Waals surface area contributed by atoms with Gasteiger partial charge in [-0.05, 0) is 49.4 Å². The Morgan fingerprint density at radius 2 is 1.65 bits per heavy atom. The molecule has 0 saturated carbocycles. The predicted octanol–water partition coefficient (Wildman–Crippen LogP) is -0.392. The van der Waals surface area contributed by atoms with Crippen molar-refractivity contribution in [2.45, 2.75) is 64.1 Å². The zero-order valence-corrected chi connectivity index (χ0v) is 19.8. The van der Waals surface area contributed by atoms with Gasteiger partial charge in [-0.3, -0.25) is 14.4 Å². The van der Waals surface area contributed by atoms with E-state index < -0.39 is 48.4 Å². The quantitative estimate of drug-likeness (QED) is 0.165. The summed E-state index contributed by atoms with van der Waals surface area (Å²) in [6.07, 6.45) is 2.28. The topological polar surface area (TPSA) is 197 Å². The summed E-state index contributed by atoms with van der Waals surface area (Å²) in [4.78, 5) is 48.9. The Morgan fingerprint density at radius 1 is 1.00 bits per heavy atom. The maximum Gasteiger partial charge on any atom is 0.326 e. The summed E-state index contributed by atoms with van der Waals surface area (Å²) in [5.41, 5.74) is 12.1. The highest BCUT2D eigenvalue weighted by Gasteiger charge is 2.26. The van der Waals surface area contributed by atoms with Crippen molar-refractivity contribution in [1.29, 1.82) is 0 Å². The Kier molecular flexibility index (Phi) is 12.6. The van der Waals surface area contributed by atoms with Crippen LogP contribution in [0.4, 0.5) is 0 Å². The van der Waals surface area contributed by atoms with E-state index in [9.17, 15) is 29.4 Å². The molecule has 4 unspecified atom stereocenters. The Hall–Kier alpha value is -3.18. The maximum absolute atomic E-state index is 12.7. The number of nitrogens with one attached hydrogen (secondary N) is 3. The lowest BCUT2D eigenvalue weighted by atomic mass is 9.98. The highest BCUT2D eigenvalue weighted by molar-refractivity contribution is 5.92. The molecule has 0 fully saturated rings. The monoisotopic (exact) mass is 479 g/mol. The highest BCUT2D eigenvalue weighted by atomic mass is 16.4. The molecule has 190 valence electrons. The van der Waals surface area contributed by atoms with Gasteiger partial charge in [-0.25, -0.2) is 4.79 Å². The molecule has 0 aromatic heterocycles. The fourth-order valence-corrected chi connectivity index (χ4v) is 3.15. The van der Waals surface area contributed by atoms with Gasteiger partial charge in [0.15, 0.2) is 0 Å². The number of aromatic hydroxyl groups is 1. The van der Waals surface area contributed by atoms with E-state index in [2.05, 4.69) is 16.0 Å². The Labute approximate surface area is 199 Å². The van der Waals surface area contributed by atoms with Crippen LogP contribution in [0.1, 0.15) is 45.1 Å². The van der Waals surface area contributed by atoms with Crippen LogP contribution in [-0.2, 0) is 25.6 Å². The lowest BCUT2D eigenvalue weighted by molar-refractivity contribution is -0.141. The molecular weight excluding hydrogens is 442 g/mol. The summed E-state index contributed by atoms with van der Waals surface area (Å²) in [6.45, 7) is 3.73. The molecule has 11 nitrogen and oxygen atoms in total. The summed E-state index contributed by atoms with van der Waals surface area (Å²) in [7, 11) is 0. The summed E-state index contributed by atoms with van der Waals surface area (Å²) in [5.74, 6) is -2.98. The van der Waals surface area contributed by atoms with Crippen LogP contribution >= 0.6 is 0 Å². The zero-order valence-electron chi connectivity index (χ0n) is 19.8. The fourth-order valence-electron chi connectivity index (χ4n) is 3.15. The average Bonchev–Trinajstić information content (AvgIpc) is 2.81. The molecule has 11 heteroatoms. The van der Waals surface area contributed by atoms with Gasteiger partial charge in [0, 0.05) is 6.42 Å². The maximum atomic E-state index is 12.7. The Balaban J connectivity index is 2.69. The second-order valence-corrected chi connectivity index (χ2v) is 8.30. The van der Waals surface area contributed by atoms with Crippen LogP contribution in [0.15, 0.2) is 24.3 Å². The third-order valence-electron chi connectivity index (χ3n) is 5.57. The van der Waals surface area contributed by atoms with E-state index in [1.807, 2.05) is 13.8 Å². The molecule has 0 heterocycles. The molecule has 3 amide bonds. The molecule has 0 radical (unpaired) electrons. The molecule has 0 aliphatic heterocycles. The van der Waals surface area contributed by atoms with E-state index >= 15 is 0 Å². The summed E-state index contributed by atoms with van der Waals surface area (Å²) in [6, 6.07) is 3.06. The molecule has 0 saturated heterocycles. The number of unbranched alkanes of at least 4 members (excludes halogenated alkanes) is 1. The number of carboxylic acids is 1. The molecule has 4 atom stereocenters. The van der Waals surface area contributed by atoms with Gasteiger partial charge in [0.05, 0.1) is 12.6 Å². The first-order valence-corrected chi connectivity index (χ1v) is 11.4. The number of phenols is 1. The lowest BCUT2D eigenvalue weighted by Crippen LogP contribution is -2.54. The number of rotatable bonds is 15. The lowest BCUT2D eigenvalue weighted by Gasteiger charge is -2.23. The van der Waals surface area contributed by atoms with Gasteiger partial charge >= 0.3 is 5.97 Å². The van der Waals surface area contributed by atoms with E-state index in [0.717, 1.165) is 0 Å². The minimum Gasteiger partial charge on any atom is -0.508 e. The number of hydrogen-bond donors (Lipinski definition) is 7. The average molecular weight is 480 g/mol. The van der Waals surface area contributed by atoms with Gasteiger partial charge in [0.25, 0.3) is 0 Å². The molecule has 0 spiro atoms. The van der Waals surface area contributed by atoms with Gasteiger partial charge in [0.2, 0.25) is 17.7 Å². The number of carbonyl (C=O) groups is 4. The van der Waals surface area contributed by atoms with E-state index in [-0.39, 0.29) is 18.1 Å². The Morgan fingerprint density at radius 3 is 2.21 bits per heavy atom. The van der Waals surface area contributed by atoms with Crippen LogP contribution in [0.3, 0.4) is 0 Å². The zero-order chi connectivity index (χ0) is 25.7. The minimum atomic E-state index is -1.24. The molecule has 0 aliphatic carbocycles. The standard InChI is InChI=1S/C23H37N5O6/c1-3-14(2)20(25)22(32)28-17(6-4-5-11-24)21(31)26-13-19(30)27-18(23(33)34)12-15-7-9-16(29)10-8-15/h7-10,14,17-18,20,29H,3-6,11-13,24-25H2,1-2H3,(H,26,31)(H,27,30)(H,28,32)(H,33,34). The van der Waals surface area contributed by atoms with E-state index in [1.54, 1.807) is 12.1 Å². The molecule has 34 heavy (non-hydrogen) atoms. The molecule has 1 aromatic rings. The largest absolute Gasteiger partial charge is 0.508 e. The van der Waals surface area contributed by atoms with Crippen molar-refractivity contribution in [2.75, 3.05) is 13.1 Å². The van der Waals surface area contributed by atoms with Crippen LogP contribution < -0.4 is 27.4 Å². The summed E-state index contributed by atoms with van der Waals surface area (Å²) < 4.78 is 0. The molecule has 1 aromatic carbocycles. The van der Waals surface area contributed by atoms with Crippen molar-refractivity contribution < 1.29 is 29.4 Å². The number of hydrogen-bond acceptors (Lipinski definition) is 7. The number of nitrogens with two attached hydrogens (primary N) is 2. The predicted molar refractivity (Wildman–Crippen MR) is 127 cm³/mol. The van der Waals surface area contributed by atoms with Crippen LogP contribution in [0.25, 0.3) is 0 Å². The van der Waals surface area contributed by atoms with Crippen molar-refractivity contribution in [3.63, 3.8) is 0 Å². The van der Waals surface area contributed by atoms with Crippen LogP contribution in [0.5, 0.6) is 5.75 Å². The number of carboxylic acid groups (broad SMARTS) is 1. The van der Waals surface area contributed by atoms with Crippen LogP contribution in [0.2, 0.25) is 0 Å². The van der Waals surface area contributed by atoms with Gasteiger partial charge in [-0.1, -0.05) is 32.4 Å². The third-order valence-corrected chi connectivity index (χ3v) is 5.57. The molecule has 0 aliphatic rings. The van der Waals surface area contributed by atoms with E-state index in [1.165, 1.54) is 12.1 Å². The van der Waals surface area contributed by atoms with Crippen LogP contribution in [0, 0.1) is 5.92 Å². The second-order valence-electron chi connectivity index (χ2n) is 8.30. The van der Waals surface area contributed by atoms with Crippen molar-refractivity contribution in [1.82, 2.24) is 16.0 Å². The number of phenolic OH excluding ortho intramolecular Hbond substituents is 1. The van der Waals surface area contributed by atoms with E-state index in [4.69, 9.17) is 11.5 Å². The smallest absolute Gasteiger partial charge is 0.326 e. The normalized spacial score (nSPS) is 14.4. The first-order chi connectivity index (χ1) is 16.1. The second kappa shape index (κ2) is 14.9. The first-order valence-electron chi connectivity index (χ1n) is 11.4. The molecule has 9 N–H and O–H groups in total. The van der Waals surface area contributed by atoms with Gasteiger partial charge < -0.3 is 37.6 Å².